The van der Waals surface area contributed by atoms with Gasteiger partial charge in [-0.2, -0.15) is 11.8 Å². The zero-order chi connectivity index (χ0) is 15.6. The van der Waals surface area contributed by atoms with Crippen LogP contribution in [-0.4, -0.2) is 52.5 Å². The van der Waals surface area contributed by atoms with Gasteiger partial charge in [-0.05, 0) is 0 Å². The van der Waals surface area contributed by atoms with Crippen molar-refractivity contribution in [2.75, 3.05) is 28.7 Å². The monoisotopic (exact) mass is 352 g/mol. The summed E-state index contributed by atoms with van der Waals surface area (Å²) in [5.41, 5.74) is -0.456. The van der Waals surface area contributed by atoms with E-state index in [1.165, 1.54) is 16.7 Å². The summed E-state index contributed by atoms with van der Waals surface area (Å²) < 4.78 is 24.4. The lowest BCUT2D eigenvalue weighted by atomic mass is 10.4. The Bertz CT molecular complexity index is 654. The number of anilines is 1. The van der Waals surface area contributed by atoms with Crippen LogP contribution in [0, 0.1) is 10.1 Å². The summed E-state index contributed by atoms with van der Waals surface area (Å²) >= 11 is 7.26. The molecule has 11 heteroatoms. The molecule has 0 spiro atoms. The van der Waals surface area contributed by atoms with Gasteiger partial charge in [0.1, 0.15) is 11.7 Å². The first-order valence-corrected chi connectivity index (χ1v) is 9.34. The molecule has 1 aromatic rings. The molecule has 0 radical (unpaired) electrons. The Morgan fingerprint density at radius 1 is 1.57 bits per heavy atom. The van der Waals surface area contributed by atoms with Crippen LogP contribution in [0.25, 0.3) is 0 Å². The van der Waals surface area contributed by atoms with Crippen LogP contribution in [0.1, 0.15) is 6.92 Å². The predicted octanol–water partition coefficient (Wildman–Crippen LogP) is 1.35. The minimum atomic E-state index is -3.39. The van der Waals surface area contributed by atoms with E-state index in [9.17, 15) is 18.5 Å². The Hall–Kier alpha value is -1.13. The van der Waals surface area contributed by atoms with Gasteiger partial charge in [-0.25, -0.2) is 18.4 Å². The molecular formula is C10H13ClN4O4S2. The van der Waals surface area contributed by atoms with Crippen LogP contribution in [-0.2, 0) is 9.84 Å². The van der Waals surface area contributed by atoms with E-state index in [1.807, 2.05) is 0 Å². The average molecular weight is 353 g/mol. The maximum atomic E-state index is 12.2. The maximum absolute atomic E-state index is 12.2. The minimum Gasteiger partial charge on any atom is -0.332 e. The van der Waals surface area contributed by atoms with Crippen LogP contribution in [0.5, 0.6) is 0 Å². The van der Waals surface area contributed by atoms with Gasteiger partial charge in [0.25, 0.3) is 0 Å². The number of sulfone groups is 1. The first kappa shape index (κ1) is 16.2. The molecule has 2 rings (SSSR count). The Balaban J connectivity index is 2.53. The van der Waals surface area contributed by atoms with Crippen molar-refractivity contribution in [3.05, 3.63) is 21.6 Å². The highest BCUT2D eigenvalue weighted by Gasteiger charge is 2.38. The molecule has 1 aliphatic rings. The molecule has 0 aromatic carbocycles. The third-order valence-corrected chi connectivity index (χ3v) is 6.68. The lowest BCUT2D eigenvalue weighted by Gasteiger charge is -2.35. The van der Waals surface area contributed by atoms with Gasteiger partial charge in [-0.1, -0.05) is 18.5 Å². The molecule has 0 N–H and O–H groups in total. The standard InChI is InChI=1S/C10H13ClN4O4S2/c1-2-21(18,19)7-5-20-4-3-14(7)10-8(15(16)17)9(11)12-6-13-10/h6-7H,2-5H2,1H3. The van der Waals surface area contributed by atoms with Crippen molar-refractivity contribution in [1.82, 2.24) is 9.97 Å². The molecule has 1 saturated heterocycles. The van der Waals surface area contributed by atoms with E-state index in [4.69, 9.17) is 11.6 Å². The molecular weight excluding hydrogens is 340 g/mol. The van der Waals surface area contributed by atoms with Crippen LogP contribution in [0.4, 0.5) is 11.5 Å². The van der Waals surface area contributed by atoms with Crippen molar-refractivity contribution in [1.29, 1.82) is 0 Å². The molecule has 0 bridgehead atoms. The van der Waals surface area contributed by atoms with Crippen molar-refractivity contribution in [2.45, 2.75) is 12.3 Å². The second-order valence-electron chi connectivity index (χ2n) is 4.27. The van der Waals surface area contributed by atoms with E-state index < -0.39 is 25.8 Å². The Kier molecular flexibility index (Phi) is 4.89. The van der Waals surface area contributed by atoms with Gasteiger partial charge in [0.15, 0.2) is 9.84 Å². The zero-order valence-corrected chi connectivity index (χ0v) is 13.5. The number of hydrogen-bond donors (Lipinski definition) is 0. The number of nitrogens with zero attached hydrogens (tertiary/aromatic N) is 4. The first-order chi connectivity index (χ1) is 9.88. The second-order valence-corrected chi connectivity index (χ2v) is 8.22. The van der Waals surface area contributed by atoms with Crippen LogP contribution in [0.3, 0.4) is 0 Å². The normalized spacial score (nSPS) is 19.5. The fourth-order valence-electron chi connectivity index (χ4n) is 2.03. The van der Waals surface area contributed by atoms with E-state index in [0.29, 0.717) is 18.1 Å². The van der Waals surface area contributed by atoms with Crippen molar-refractivity contribution in [2.24, 2.45) is 0 Å². The summed E-state index contributed by atoms with van der Waals surface area (Å²) in [6.07, 6.45) is 1.10. The van der Waals surface area contributed by atoms with E-state index in [0.717, 1.165) is 6.33 Å². The molecule has 0 amide bonds. The maximum Gasteiger partial charge on any atom is 0.348 e. The largest absolute Gasteiger partial charge is 0.348 e. The fraction of sp³-hybridized carbons (Fsp3) is 0.600. The molecule has 0 saturated carbocycles. The van der Waals surface area contributed by atoms with Gasteiger partial charge in [0.2, 0.25) is 11.0 Å². The highest BCUT2D eigenvalue weighted by molar-refractivity contribution is 8.01. The molecule has 1 atom stereocenters. The lowest BCUT2D eigenvalue weighted by Crippen LogP contribution is -2.48. The molecule has 2 heterocycles. The number of halogens is 1. The molecule has 1 fully saturated rings. The minimum absolute atomic E-state index is 0.0395. The van der Waals surface area contributed by atoms with Crippen molar-refractivity contribution in [3.8, 4) is 0 Å². The van der Waals surface area contributed by atoms with Gasteiger partial charge in [-0.15, -0.1) is 0 Å². The topological polar surface area (TPSA) is 106 Å². The van der Waals surface area contributed by atoms with Crippen molar-refractivity contribution in [3.63, 3.8) is 0 Å². The Morgan fingerprint density at radius 2 is 2.29 bits per heavy atom. The summed E-state index contributed by atoms with van der Waals surface area (Å²) in [7, 11) is -3.39. The quantitative estimate of drug-likeness (QED) is 0.454. The van der Waals surface area contributed by atoms with Crippen LogP contribution in [0.15, 0.2) is 6.33 Å². The molecule has 1 unspecified atom stereocenters. The predicted molar refractivity (Wildman–Crippen MR) is 81.6 cm³/mol. The smallest absolute Gasteiger partial charge is 0.332 e. The van der Waals surface area contributed by atoms with Gasteiger partial charge >= 0.3 is 5.69 Å². The first-order valence-electron chi connectivity index (χ1n) is 6.09. The third kappa shape index (κ3) is 3.22. The van der Waals surface area contributed by atoms with Gasteiger partial charge in [0, 0.05) is 23.8 Å². The average Bonchev–Trinajstić information content (AvgIpc) is 2.46. The van der Waals surface area contributed by atoms with Gasteiger partial charge < -0.3 is 4.90 Å². The molecule has 21 heavy (non-hydrogen) atoms. The van der Waals surface area contributed by atoms with Gasteiger partial charge in [-0.3, -0.25) is 10.1 Å². The number of rotatable bonds is 4. The number of nitro groups is 1. The second kappa shape index (κ2) is 6.32. The molecule has 1 aromatic heterocycles. The third-order valence-electron chi connectivity index (χ3n) is 3.11. The number of hydrogen-bond acceptors (Lipinski definition) is 8. The zero-order valence-electron chi connectivity index (χ0n) is 11.1. The number of aromatic nitrogens is 2. The Morgan fingerprint density at radius 3 is 2.90 bits per heavy atom. The molecule has 0 aliphatic carbocycles. The highest BCUT2D eigenvalue weighted by atomic mass is 35.5. The summed E-state index contributed by atoms with van der Waals surface area (Å²) in [5, 5.41) is 10.0. The van der Waals surface area contributed by atoms with Crippen LogP contribution < -0.4 is 4.90 Å². The van der Waals surface area contributed by atoms with Crippen LogP contribution >= 0.6 is 23.4 Å². The van der Waals surface area contributed by atoms with Gasteiger partial charge in [0.05, 0.1) is 4.92 Å². The number of thioether (sulfide) groups is 1. The molecule has 116 valence electrons. The van der Waals surface area contributed by atoms with Crippen LogP contribution in [0.2, 0.25) is 5.15 Å². The van der Waals surface area contributed by atoms with E-state index in [1.54, 1.807) is 6.92 Å². The summed E-state index contributed by atoms with van der Waals surface area (Å²) in [6.45, 7) is 1.90. The fourth-order valence-corrected chi connectivity index (χ4v) is 5.20. The lowest BCUT2D eigenvalue weighted by molar-refractivity contribution is -0.384. The van der Waals surface area contributed by atoms with Crippen molar-refractivity contribution >= 4 is 44.7 Å². The Labute approximate surface area is 131 Å². The molecule has 8 nitrogen and oxygen atoms in total. The van der Waals surface area contributed by atoms with E-state index >= 15 is 0 Å². The van der Waals surface area contributed by atoms with E-state index in [-0.39, 0.29) is 16.7 Å². The summed E-state index contributed by atoms with van der Waals surface area (Å²) in [6, 6.07) is 0. The highest BCUT2D eigenvalue weighted by Crippen LogP contribution is 2.35. The summed E-state index contributed by atoms with van der Waals surface area (Å²) in [5.74, 6) is 0.924. The SMILES string of the molecule is CCS(=O)(=O)C1CSCCN1c1ncnc(Cl)c1[N+](=O)[O-]. The summed E-state index contributed by atoms with van der Waals surface area (Å²) in [4.78, 5) is 19.4. The molecule has 1 aliphatic heterocycles. The van der Waals surface area contributed by atoms with E-state index in [2.05, 4.69) is 9.97 Å². The van der Waals surface area contributed by atoms with Crippen molar-refractivity contribution < 1.29 is 13.3 Å².